The van der Waals surface area contributed by atoms with Crippen LogP contribution in [0.25, 0.3) is 0 Å². The summed E-state index contributed by atoms with van der Waals surface area (Å²) in [6, 6.07) is 8.03. The fraction of sp³-hybridized carbons (Fsp3) is 0.333. The summed E-state index contributed by atoms with van der Waals surface area (Å²) in [5.74, 6) is -2.11. The van der Waals surface area contributed by atoms with Gasteiger partial charge in [-0.3, -0.25) is 14.9 Å². The fourth-order valence-corrected chi connectivity index (χ4v) is 6.29. The van der Waals surface area contributed by atoms with Crippen molar-refractivity contribution in [2.75, 3.05) is 5.32 Å². The topological polar surface area (TPSA) is 58.2 Å². The number of carbonyl (C=O) groups excluding carboxylic acids is 2. The maximum Gasteiger partial charge on any atom is 0.250 e. The van der Waals surface area contributed by atoms with Gasteiger partial charge in [0.2, 0.25) is 5.91 Å². The molecular weight excluding hydrogens is 482 g/mol. The number of hydrogen-bond donors (Lipinski definition) is 2. The first kappa shape index (κ1) is 19.5. The smallest absolute Gasteiger partial charge is 0.250 e. The zero-order valence-corrected chi connectivity index (χ0v) is 18.2. The summed E-state index contributed by atoms with van der Waals surface area (Å²) < 4.78 is 15.9. The largest absolute Gasteiger partial charge is 0.324 e. The molecule has 2 fully saturated rings. The van der Waals surface area contributed by atoms with E-state index in [2.05, 4.69) is 26.6 Å². The number of fused-ring (bicyclic) bond motifs is 3. The van der Waals surface area contributed by atoms with Crippen molar-refractivity contribution in [3.8, 4) is 0 Å². The first-order valence-corrected chi connectivity index (χ1v) is 10.9. The third kappa shape index (κ3) is 2.73. The van der Waals surface area contributed by atoms with Gasteiger partial charge in [-0.25, -0.2) is 4.39 Å². The van der Waals surface area contributed by atoms with Gasteiger partial charge in [-0.15, -0.1) is 0 Å². The highest BCUT2D eigenvalue weighted by atomic mass is 79.9. The summed E-state index contributed by atoms with van der Waals surface area (Å²) in [7, 11) is 0. The average molecular weight is 498 g/mol. The van der Waals surface area contributed by atoms with E-state index in [1.807, 2.05) is 0 Å². The third-order valence-corrected chi connectivity index (χ3v) is 7.32. The van der Waals surface area contributed by atoms with Crippen LogP contribution < -0.4 is 10.6 Å². The Bertz CT molecular complexity index is 1080. The van der Waals surface area contributed by atoms with E-state index >= 15 is 4.39 Å². The molecule has 2 heterocycles. The first-order valence-electron chi connectivity index (χ1n) is 9.39. The van der Waals surface area contributed by atoms with Gasteiger partial charge in [-0.2, -0.15) is 0 Å². The molecule has 1 amide bonds. The van der Waals surface area contributed by atoms with Crippen molar-refractivity contribution < 1.29 is 14.0 Å². The standard InChI is InChI=1S/C21H16BrCl2FN2O2/c22-9-6-11(19(25)13(24)7-9)18-17-14(2-1-3-16(17)28)27-21(18)12-5-4-10(23)8-15(12)26-20(21)29/h4-8,14,17-18,27H,1-3H2,(H,26,29)/t14-,17-,18-,21+/m0/s1. The Morgan fingerprint density at radius 2 is 1.97 bits per heavy atom. The van der Waals surface area contributed by atoms with Crippen LogP contribution in [0.4, 0.5) is 10.1 Å². The van der Waals surface area contributed by atoms with Crippen molar-refractivity contribution in [3.63, 3.8) is 0 Å². The zero-order chi connectivity index (χ0) is 20.5. The van der Waals surface area contributed by atoms with Crippen LogP contribution in [-0.4, -0.2) is 17.7 Å². The van der Waals surface area contributed by atoms with Gasteiger partial charge < -0.3 is 5.32 Å². The molecule has 1 saturated heterocycles. The van der Waals surface area contributed by atoms with Gasteiger partial charge in [-0.05, 0) is 42.7 Å². The molecule has 2 aromatic carbocycles. The van der Waals surface area contributed by atoms with Crippen molar-refractivity contribution in [2.45, 2.75) is 36.8 Å². The number of ketones is 1. The zero-order valence-electron chi connectivity index (χ0n) is 15.1. The predicted octanol–water partition coefficient (Wildman–Crippen LogP) is 5.17. The molecule has 29 heavy (non-hydrogen) atoms. The molecule has 3 aliphatic rings. The molecule has 4 nitrogen and oxygen atoms in total. The number of anilines is 1. The van der Waals surface area contributed by atoms with Crippen LogP contribution >= 0.6 is 39.1 Å². The van der Waals surface area contributed by atoms with E-state index in [0.29, 0.717) is 27.2 Å². The van der Waals surface area contributed by atoms with Crippen LogP contribution in [0.2, 0.25) is 10.0 Å². The van der Waals surface area contributed by atoms with Crippen LogP contribution in [0.5, 0.6) is 0 Å². The molecule has 1 spiro atoms. The molecule has 5 rings (SSSR count). The van der Waals surface area contributed by atoms with Crippen LogP contribution in [-0.2, 0) is 15.1 Å². The number of nitrogens with one attached hydrogen (secondary N) is 2. The number of carbonyl (C=O) groups is 2. The summed E-state index contributed by atoms with van der Waals surface area (Å²) in [4.78, 5) is 26.4. The SMILES string of the molecule is O=C1CCC[C@@H]2N[C@@]3(C(=O)Nc4cc(Cl)ccc43)[C@@H](c3cc(Br)cc(Cl)c3F)[C@H]12. The van der Waals surface area contributed by atoms with Crippen LogP contribution in [0.15, 0.2) is 34.8 Å². The van der Waals surface area contributed by atoms with Gasteiger partial charge in [0.15, 0.2) is 0 Å². The molecule has 0 bridgehead atoms. The van der Waals surface area contributed by atoms with E-state index in [1.165, 1.54) is 6.07 Å². The Hall–Kier alpha value is -1.47. The number of rotatable bonds is 1. The van der Waals surface area contributed by atoms with E-state index in [0.717, 1.165) is 12.8 Å². The van der Waals surface area contributed by atoms with E-state index in [9.17, 15) is 9.59 Å². The number of benzene rings is 2. The number of Topliss-reactive ketones (excluding diaryl/α,β-unsaturated/α-hetero) is 1. The Morgan fingerprint density at radius 1 is 1.17 bits per heavy atom. The minimum absolute atomic E-state index is 0.0429. The molecular formula is C21H16BrCl2FN2O2. The molecule has 0 radical (unpaired) electrons. The molecule has 0 aromatic heterocycles. The van der Waals surface area contributed by atoms with Crippen LogP contribution in [0.1, 0.15) is 36.3 Å². The van der Waals surface area contributed by atoms with Gasteiger partial charge in [0, 0.05) is 45.0 Å². The minimum atomic E-state index is -1.26. The quantitative estimate of drug-likeness (QED) is 0.534. The maximum absolute atomic E-state index is 15.3. The average Bonchev–Trinajstić information content (AvgIpc) is 3.14. The highest BCUT2D eigenvalue weighted by molar-refractivity contribution is 9.10. The molecule has 0 unspecified atom stereocenters. The number of halogens is 4. The van der Waals surface area contributed by atoms with E-state index < -0.39 is 23.2 Å². The summed E-state index contributed by atoms with van der Waals surface area (Å²) in [6.45, 7) is 0. The van der Waals surface area contributed by atoms with Gasteiger partial charge in [-0.1, -0.05) is 45.2 Å². The summed E-state index contributed by atoms with van der Waals surface area (Å²) in [5, 5.41) is 6.75. The van der Waals surface area contributed by atoms with Crippen molar-refractivity contribution in [1.29, 1.82) is 0 Å². The van der Waals surface area contributed by atoms with E-state index in [-0.39, 0.29) is 28.3 Å². The molecule has 8 heteroatoms. The Kier molecular flexibility index (Phi) is 4.55. The fourth-order valence-electron chi connectivity index (χ4n) is 5.29. The van der Waals surface area contributed by atoms with E-state index in [4.69, 9.17) is 23.2 Å². The summed E-state index contributed by atoms with van der Waals surface area (Å²) in [5.41, 5.74) is 0.250. The second-order valence-corrected chi connectivity index (χ2v) is 9.62. The van der Waals surface area contributed by atoms with Gasteiger partial charge >= 0.3 is 0 Å². The Balaban J connectivity index is 1.80. The number of hydrogen-bond acceptors (Lipinski definition) is 3. The molecule has 1 aliphatic carbocycles. The number of amides is 1. The molecule has 2 N–H and O–H groups in total. The summed E-state index contributed by atoms with van der Waals surface area (Å²) in [6.07, 6.45) is 1.91. The lowest BCUT2D eigenvalue weighted by Crippen LogP contribution is -2.49. The third-order valence-electron chi connectivity index (χ3n) is 6.35. The van der Waals surface area contributed by atoms with Gasteiger partial charge in [0.05, 0.1) is 5.02 Å². The molecule has 2 aliphatic heterocycles. The molecule has 2 aromatic rings. The maximum atomic E-state index is 15.3. The molecule has 150 valence electrons. The lowest BCUT2D eigenvalue weighted by Gasteiger charge is -2.32. The monoisotopic (exact) mass is 496 g/mol. The van der Waals surface area contributed by atoms with Gasteiger partial charge in [0.1, 0.15) is 17.1 Å². The molecule has 4 atom stereocenters. The van der Waals surface area contributed by atoms with Crippen LogP contribution in [0.3, 0.4) is 0 Å². The second kappa shape index (κ2) is 6.77. The van der Waals surface area contributed by atoms with Crippen molar-refractivity contribution >= 4 is 56.5 Å². The predicted molar refractivity (Wildman–Crippen MR) is 113 cm³/mol. The lowest BCUT2D eigenvalue weighted by atomic mass is 9.68. The lowest BCUT2D eigenvalue weighted by molar-refractivity contribution is -0.125. The highest BCUT2D eigenvalue weighted by Gasteiger charge is 2.64. The van der Waals surface area contributed by atoms with Crippen molar-refractivity contribution in [3.05, 3.63) is 61.8 Å². The van der Waals surface area contributed by atoms with Gasteiger partial charge in [0.25, 0.3) is 0 Å². The van der Waals surface area contributed by atoms with Crippen molar-refractivity contribution in [2.24, 2.45) is 5.92 Å². The Morgan fingerprint density at radius 3 is 2.76 bits per heavy atom. The first-order chi connectivity index (χ1) is 13.8. The molecule has 1 saturated carbocycles. The van der Waals surface area contributed by atoms with Crippen molar-refractivity contribution in [1.82, 2.24) is 5.32 Å². The Labute approximate surface area is 185 Å². The second-order valence-electron chi connectivity index (χ2n) is 7.86. The van der Waals surface area contributed by atoms with Crippen LogP contribution in [0, 0.1) is 11.7 Å². The summed E-state index contributed by atoms with van der Waals surface area (Å²) >= 11 is 15.6. The minimum Gasteiger partial charge on any atom is -0.324 e. The van der Waals surface area contributed by atoms with E-state index in [1.54, 1.807) is 24.3 Å². The highest BCUT2D eigenvalue weighted by Crippen LogP contribution is 2.57. The normalized spacial score (nSPS) is 30.4.